The van der Waals surface area contributed by atoms with Gasteiger partial charge in [0.25, 0.3) is 0 Å². The molecule has 1 aliphatic carbocycles. The Balaban J connectivity index is 0.00000240. The molecule has 0 aromatic heterocycles. The fourth-order valence-corrected chi connectivity index (χ4v) is 4.28. The zero-order valence-corrected chi connectivity index (χ0v) is 17.8. The number of Topliss-reactive ketones (excluding diaryl/α,β-unsaturated/α-hetero) is 1. The van der Waals surface area contributed by atoms with Gasteiger partial charge in [0.1, 0.15) is 0 Å². The van der Waals surface area contributed by atoms with Crippen molar-refractivity contribution < 1.29 is 14.3 Å². The van der Waals surface area contributed by atoms with E-state index in [-0.39, 0.29) is 18.2 Å². The number of benzene rings is 2. The highest BCUT2D eigenvalue weighted by Gasteiger charge is 2.28. The lowest BCUT2D eigenvalue weighted by Gasteiger charge is -2.30. The summed E-state index contributed by atoms with van der Waals surface area (Å²) < 4.78 is 10.7. The SMILES string of the molecule is COc1cc2c(cc1OC)C(=O)/C(=C/C1CCN(Cc3ccccc3)CC1)C2.Cl. The van der Waals surface area contributed by atoms with Crippen molar-refractivity contribution in [2.24, 2.45) is 5.92 Å². The second kappa shape index (κ2) is 9.47. The van der Waals surface area contributed by atoms with Crippen LogP contribution < -0.4 is 9.47 Å². The minimum absolute atomic E-state index is 0. The van der Waals surface area contributed by atoms with Crippen LogP contribution in [-0.2, 0) is 13.0 Å². The monoisotopic (exact) mass is 413 g/mol. The number of likely N-dealkylation sites (tertiary alicyclic amines) is 1. The molecule has 1 aliphatic heterocycles. The number of nitrogens with zero attached hydrogens (tertiary/aromatic N) is 1. The molecule has 1 saturated heterocycles. The number of carbonyl (C=O) groups excluding carboxylic acids is 1. The zero-order chi connectivity index (χ0) is 19.5. The molecule has 0 spiro atoms. The van der Waals surface area contributed by atoms with Gasteiger partial charge in [-0.15, -0.1) is 12.4 Å². The van der Waals surface area contributed by atoms with Crippen molar-refractivity contribution in [1.29, 1.82) is 0 Å². The summed E-state index contributed by atoms with van der Waals surface area (Å²) in [7, 11) is 3.23. The van der Waals surface area contributed by atoms with Gasteiger partial charge >= 0.3 is 0 Å². The van der Waals surface area contributed by atoms with E-state index < -0.39 is 0 Å². The Labute approximate surface area is 178 Å². The van der Waals surface area contributed by atoms with E-state index in [2.05, 4.69) is 41.3 Å². The van der Waals surface area contributed by atoms with Crippen LogP contribution in [0.15, 0.2) is 54.1 Å². The third-order valence-corrected chi connectivity index (χ3v) is 5.84. The third-order valence-electron chi connectivity index (χ3n) is 5.84. The first-order valence-electron chi connectivity index (χ1n) is 9.94. The number of allylic oxidation sites excluding steroid dienone is 2. The van der Waals surface area contributed by atoms with E-state index in [1.165, 1.54) is 5.56 Å². The van der Waals surface area contributed by atoms with Crippen LogP contribution in [-0.4, -0.2) is 38.0 Å². The van der Waals surface area contributed by atoms with Crippen LogP contribution >= 0.6 is 12.4 Å². The molecule has 4 nitrogen and oxygen atoms in total. The molecule has 0 unspecified atom stereocenters. The summed E-state index contributed by atoms with van der Waals surface area (Å²) in [5.74, 6) is 1.92. The number of methoxy groups -OCH3 is 2. The average Bonchev–Trinajstić information content (AvgIpc) is 3.03. The van der Waals surface area contributed by atoms with Crippen molar-refractivity contribution in [2.45, 2.75) is 25.8 Å². The number of hydrogen-bond donors (Lipinski definition) is 0. The van der Waals surface area contributed by atoms with Gasteiger partial charge < -0.3 is 9.47 Å². The summed E-state index contributed by atoms with van der Waals surface area (Å²) in [5.41, 5.74) is 4.08. The first-order valence-corrected chi connectivity index (χ1v) is 9.94. The predicted molar refractivity (Wildman–Crippen MR) is 117 cm³/mol. The lowest BCUT2D eigenvalue weighted by molar-refractivity contribution is 0.103. The molecule has 0 saturated carbocycles. The topological polar surface area (TPSA) is 38.8 Å². The maximum Gasteiger partial charge on any atom is 0.189 e. The molecular formula is C24H28ClNO3. The molecule has 2 aliphatic rings. The third kappa shape index (κ3) is 4.65. The van der Waals surface area contributed by atoms with Crippen molar-refractivity contribution >= 4 is 18.2 Å². The summed E-state index contributed by atoms with van der Waals surface area (Å²) >= 11 is 0. The molecule has 0 amide bonds. The van der Waals surface area contributed by atoms with Crippen LogP contribution in [0.4, 0.5) is 0 Å². The normalized spacial score (nSPS) is 18.4. The van der Waals surface area contributed by atoms with Gasteiger partial charge in [0.05, 0.1) is 14.2 Å². The Bertz CT molecular complexity index is 886. The number of hydrogen-bond acceptors (Lipinski definition) is 4. The van der Waals surface area contributed by atoms with Gasteiger partial charge in [-0.05, 0) is 55.1 Å². The molecule has 154 valence electrons. The number of carbonyl (C=O) groups is 1. The van der Waals surface area contributed by atoms with Gasteiger partial charge in [-0.25, -0.2) is 0 Å². The van der Waals surface area contributed by atoms with Crippen LogP contribution in [0.5, 0.6) is 11.5 Å². The first kappa shape index (κ1) is 21.4. The molecule has 2 aromatic carbocycles. The number of halogens is 1. The Morgan fingerprint density at radius 3 is 2.34 bits per heavy atom. The average molecular weight is 414 g/mol. The summed E-state index contributed by atoms with van der Waals surface area (Å²) in [6.45, 7) is 3.16. The Hall–Kier alpha value is -2.30. The molecule has 4 rings (SSSR count). The Morgan fingerprint density at radius 1 is 1.03 bits per heavy atom. The highest BCUT2D eigenvalue weighted by Crippen LogP contribution is 2.37. The molecule has 1 fully saturated rings. The van der Waals surface area contributed by atoms with Gasteiger partial charge in [0.2, 0.25) is 0 Å². The Morgan fingerprint density at radius 2 is 1.69 bits per heavy atom. The quantitative estimate of drug-likeness (QED) is 0.666. The number of piperidine rings is 1. The number of rotatable bonds is 5. The van der Waals surface area contributed by atoms with Crippen molar-refractivity contribution in [3.63, 3.8) is 0 Å². The minimum atomic E-state index is 0. The fraction of sp³-hybridized carbons (Fsp3) is 0.375. The summed E-state index contributed by atoms with van der Waals surface area (Å²) in [6.07, 6.45) is 5.12. The maximum atomic E-state index is 12.9. The molecule has 0 atom stereocenters. The van der Waals surface area contributed by atoms with Crippen LogP contribution in [0.2, 0.25) is 0 Å². The summed E-state index contributed by atoms with van der Waals surface area (Å²) in [5, 5.41) is 0. The van der Waals surface area contributed by atoms with Crippen molar-refractivity contribution in [1.82, 2.24) is 4.90 Å². The molecule has 0 bridgehead atoms. The molecule has 29 heavy (non-hydrogen) atoms. The number of ether oxygens (including phenoxy) is 2. The number of fused-ring (bicyclic) bond motifs is 1. The van der Waals surface area contributed by atoms with Crippen molar-refractivity contribution in [3.8, 4) is 11.5 Å². The minimum Gasteiger partial charge on any atom is -0.493 e. The number of ketones is 1. The van der Waals surface area contributed by atoms with Gasteiger partial charge in [0.15, 0.2) is 17.3 Å². The van der Waals surface area contributed by atoms with E-state index in [1.807, 2.05) is 12.1 Å². The Kier molecular flexibility index (Phi) is 6.99. The highest BCUT2D eigenvalue weighted by atomic mass is 35.5. The smallest absolute Gasteiger partial charge is 0.189 e. The van der Waals surface area contributed by atoms with Gasteiger partial charge in [-0.1, -0.05) is 36.4 Å². The van der Waals surface area contributed by atoms with E-state index >= 15 is 0 Å². The van der Waals surface area contributed by atoms with Crippen LogP contribution in [0, 0.1) is 5.92 Å². The highest BCUT2D eigenvalue weighted by molar-refractivity contribution is 6.13. The molecule has 0 N–H and O–H groups in total. The van der Waals surface area contributed by atoms with E-state index in [1.54, 1.807) is 14.2 Å². The van der Waals surface area contributed by atoms with Crippen molar-refractivity contribution in [2.75, 3.05) is 27.3 Å². The van der Waals surface area contributed by atoms with E-state index in [0.717, 1.165) is 49.2 Å². The lowest BCUT2D eigenvalue weighted by atomic mass is 9.93. The molecule has 1 heterocycles. The fourth-order valence-electron chi connectivity index (χ4n) is 4.28. The van der Waals surface area contributed by atoms with Gasteiger partial charge in [-0.3, -0.25) is 9.69 Å². The van der Waals surface area contributed by atoms with Crippen LogP contribution in [0.1, 0.15) is 34.3 Å². The van der Waals surface area contributed by atoms with E-state index in [0.29, 0.717) is 23.8 Å². The van der Waals surface area contributed by atoms with Gasteiger partial charge in [0, 0.05) is 24.1 Å². The van der Waals surface area contributed by atoms with Crippen molar-refractivity contribution in [3.05, 3.63) is 70.8 Å². The first-order chi connectivity index (χ1) is 13.7. The molecular weight excluding hydrogens is 386 g/mol. The standard InChI is InChI=1S/C24H27NO3.ClH/c1-27-22-14-19-13-20(24(26)21(19)15-23(22)28-2)12-17-8-10-25(11-9-17)16-18-6-4-3-5-7-18;/h3-7,12,14-15,17H,8-11,13,16H2,1-2H3;1H/b20-12+;. The summed E-state index contributed by atoms with van der Waals surface area (Å²) in [4.78, 5) is 15.4. The van der Waals surface area contributed by atoms with Crippen LogP contribution in [0.25, 0.3) is 0 Å². The zero-order valence-electron chi connectivity index (χ0n) is 17.0. The lowest BCUT2D eigenvalue weighted by Crippen LogP contribution is -2.32. The van der Waals surface area contributed by atoms with E-state index in [9.17, 15) is 4.79 Å². The molecule has 5 heteroatoms. The van der Waals surface area contributed by atoms with E-state index in [4.69, 9.17) is 9.47 Å². The maximum absolute atomic E-state index is 12.9. The summed E-state index contributed by atoms with van der Waals surface area (Å²) in [6, 6.07) is 14.4. The molecule has 0 radical (unpaired) electrons. The second-order valence-corrected chi connectivity index (χ2v) is 7.66. The van der Waals surface area contributed by atoms with Crippen LogP contribution in [0.3, 0.4) is 0 Å². The predicted octanol–water partition coefficient (Wildman–Crippen LogP) is 4.70. The second-order valence-electron chi connectivity index (χ2n) is 7.66. The van der Waals surface area contributed by atoms with Gasteiger partial charge in [-0.2, -0.15) is 0 Å². The molecule has 2 aromatic rings. The largest absolute Gasteiger partial charge is 0.493 e.